The number of aliphatic hydroxyl groups excluding tert-OH is 1. The molecule has 2 aliphatic carbocycles. The van der Waals surface area contributed by atoms with Crippen molar-refractivity contribution in [1.29, 1.82) is 0 Å². The van der Waals surface area contributed by atoms with E-state index in [0.717, 1.165) is 12.8 Å². The number of nitrogens with zero attached hydrogens (tertiary/aromatic N) is 4. The molecule has 4 rings (SSSR count). The zero-order valence-corrected chi connectivity index (χ0v) is 19.7. The number of anilines is 2. The number of primary amides is 1. The maximum absolute atomic E-state index is 15.4. The number of nitrogens with two attached hydrogens (primary N) is 1. The van der Waals surface area contributed by atoms with Crippen LogP contribution in [0.5, 0.6) is 0 Å². The lowest BCUT2D eigenvalue weighted by atomic mass is 9.81. The molecule has 3 aliphatic rings. The topological polar surface area (TPSA) is 108 Å². The molecule has 35 heavy (non-hydrogen) atoms. The van der Waals surface area contributed by atoms with E-state index >= 15 is 4.39 Å². The van der Waals surface area contributed by atoms with Crippen LogP contribution in [-0.2, 0) is 4.79 Å². The highest BCUT2D eigenvalue weighted by molar-refractivity contribution is 5.75. The van der Waals surface area contributed by atoms with Crippen LogP contribution in [0.2, 0.25) is 0 Å². The Labute approximate surface area is 202 Å². The molecule has 8 nitrogen and oxygen atoms in total. The molecule has 1 aromatic rings. The number of aliphatic hydroxyl groups is 1. The number of amides is 1. The molecule has 1 saturated heterocycles. The molecule has 1 aliphatic heterocycles. The minimum absolute atomic E-state index is 0.0493. The van der Waals surface area contributed by atoms with Gasteiger partial charge in [-0.25, -0.2) is 9.97 Å². The van der Waals surface area contributed by atoms with Gasteiger partial charge in [0.05, 0.1) is 18.6 Å². The predicted octanol–water partition coefficient (Wildman–Crippen LogP) is 2.53. The number of rotatable bonds is 9. The van der Waals surface area contributed by atoms with Gasteiger partial charge in [-0.1, -0.05) is 0 Å². The highest BCUT2D eigenvalue weighted by Crippen LogP contribution is 2.41. The van der Waals surface area contributed by atoms with Gasteiger partial charge in [-0.3, -0.25) is 9.69 Å². The van der Waals surface area contributed by atoms with Gasteiger partial charge in [0.25, 0.3) is 0 Å². The Morgan fingerprint density at radius 2 is 1.89 bits per heavy atom. The van der Waals surface area contributed by atoms with E-state index in [1.54, 1.807) is 4.90 Å². The third-order valence-electron chi connectivity index (χ3n) is 7.51. The maximum Gasteiger partial charge on any atom is 0.391 e. The van der Waals surface area contributed by atoms with Crippen LogP contribution in [0, 0.1) is 23.6 Å². The summed E-state index contributed by atoms with van der Waals surface area (Å²) in [5.41, 5.74) is 5.22. The summed E-state index contributed by atoms with van der Waals surface area (Å²) >= 11 is 0. The van der Waals surface area contributed by atoms with Crippen molar-refractivity contribution in [3.8, 4) is 0 Å². The zero-order valence-electron chi connectivity index (χ0n) is 19.7. The molecule has 0 spiro atoms. The van der Waals surface area contributed by atoms with Gasteiger partial charge in [-0.2, -0.15) is 17.6 Å². The van der Waals surface area contributed by atoms with Gasteiger partial charge in [-0.15, -0.1) is 0 Å². The van der Waals surface area contributed by atoms with Crippen molar-refractivity contribution in [3.63, 3.8) is 0 Å². The lowest BCUT2D eigenvalue weighted by Crippen LogP contribution is -2.48. The van der Waals surface area contributed by atoms with E-state index < -0.39 is 29.9 Å². The van der Waals surface area contributed by atoms with E-state index in [0.29, 0.717) is 45.4 Å². The molecule has 1 unspecified atom stereocenters. The molecular weight excluding hydrogens is 468 g/mol. The quantitative estimate of drug-likeness (QED) is 0.446. The van der Waals surface area contributed by atoms with E-state index in [9.17, 15) is 23.1 Å². The molecule has 4 N–H and O–H groups in total. The van der Waals surface area contributed by atoms with Crippen molar-refractivity contribution in [1.82, 2.24) is 14.9 Å². The van der Waals surface area contributed by atoms with Crippen molar-refractivity contribution in [3.05, 3.63) is 12.1 Å². The predicted molar refractivity (Wildman–Crippen MR) is 122 cm³/mol. The van der Waals surface area contributed by atoms with Crippen molar-refractivity contribution < 1.29 is 27.5 Å². The summed E-state index contributed by atoms with van der Waals surface area (Å²) in [6, 6.07) is 0.143. The largest absolute Gasteiger partial charge is 0.391 e. The number of hydrogen-bond donors (Lipinski definition) is 3. The fraction of sp³-hybridized carbons (Fsp3) is 0.783. The Morgan fingerprint density at radius 3 is 2.49 bits per heavy atom. The van der Waals surface area contributed by atoms with E-state index in [4.69, 9.17) is 5.73 Å². The first-order valence-electron chi connectivity index (χ1n) is 12.4. The normalized spacial score (nSPS) is 28.0. The molecule has 12 heteroatoms. The van der Waals surface area contributed by atoms with Crippen LogP contribution in [0.15, 0.2) is 6.33 Å². The minimum Gasteiger partial charge on any atom is -0.391 e. The summed E-state index contributed by atoms with van der Waals surface area (Å²) < 4.78 is 54.5. The molecule has 0 radical (unpaired) electrons. The maximum atomic E-state index is 15.4. The average Bonchev–Trinajstić information content (AvgIpc) is 3.63. The highest BCUT2D eigenvalue weighted by Gasteiger charge is 2.42. The summed E-state index contributed by atoms with van der Waals surface area (Å²) in [4.78, 5) is 23.0. The van der Waals surface area contributed by atoms with E-state index in [2.05, 4.69) is 15.3 Å². The number of nitrogens with one attached hydrogen (secondary N) is 1. The average molecular weight is 503 g/mol. The standard InChI is InChI=1S/C23H34F4N6O2/c24-20-21(29-9-15-7-8-32(11-18(15)34)12-19(28)35)30-13-31-22(20)33(17-5-6-17)10-14-1-3-16(4-2-14)23(25,26)27/h13-18,34H,1-12H2,(H2,28,35)(H,29,30,31)/t14?,15?,16?,18-/m0/s1. The second kappa shape index (κ2) is 10.8. The number of alkyl halides is 3. The Morgan fingerprint density at radius 1 is 1.17 bits per heavy atom. The Hall–Kier alpha value is -2.21. The number of carbonyl (C=O) groups is 1. The summed E-state index contributed by atoms with van der Waals surface area (Å²) in [6.07, 6.45) is 0.0636. The highest BCUT2D eigenvalue weighted by atomic mass is 19.4. The fourth-order valence-electron chi connectivity index (χ4n) is 5.30. The SMILES string of the molecule is NC(=O)CN1CCC(CNc2ncnc(N(CC3CCC(C(F)(F)F)CC3)C3CC3)c2F)[C@@H](O)C1. The van der Waals surface area contributed by atoms with Gasteiger partial charge in [-0.05, 0) is 57.4 Å². The van der Waals surface area contributed by atoms with Gasteiger partial charge in [0, 0.05) is 31.6 Å². The Bertz CT molecular complexity index is 876. The van der Waals surface area contributed by atoms with Crippen molar-refractivity contribution in [2.75, 3.05) is 42.9 Å². The molecule has 0 aromatic carbocycles. The Kier molecular flexibility index (Phi) is 7.99. The smallest absolute Gasteiger partial charge is 0.391 e. The summed E-state index contributed by atoms with van der Waals surface area (Å²) in [6.45, 7) is 1.81. The number of hydrogen-bond acceptors (Lipinski definition) is 7. The van der Waals surface area contributed by atoms with Crippen LogP contribution in [0.4, 0.5) is 29.2 Å². The zero-order chi connectivity index (χ0) is 25.2. The molecule has 0 bridgehead atoms. The monoisotopic (exact) mass is 502 g/mol. The first kappa shape index (κ1) is 25.9. The molecule has 2 heterocycles. The molecule has 196 valence electrons. The summed E-state index contributed by atoms with van der Waals surface area (Å²) in [7, 11) is 0. The van der Waals surface area contributed by atoms with Gasteiger partial charge in [0.15, 0.2) is 11.6 Å². The first-order chi connectivity index (χ1) is 16.6. The van der Waals surface area contributed by atoms with Crippen molar-refractivity contribution in [2.24, 2.45) is 23.5 Å². The van der Waals surface area contributed by atoms with Crippen LogP contribution in [0.1, 0.15) is 44.9 Å². The number of aromatic nitrogens is 2. The van der Waals surface area contributed by atoms with Crippen LogP contribution in [0.25, 0.3) is 0 Å². The number of β-amino-alcohol motifs (C(OH)–C–C–N with tert-alkyl or cyclic N) is 1. The van der Waals surface area contributed by atoms with Crippen molar-refractivity contribution in [2.45, 2.75) is 63.3 Å². The van der Waals surface area contributed by atoms with Crippen molar-refractivity contribution >= 4 is 17.5 Å². The fourth-order valence-corrected chi connectivity index (χ4v) is 5.30. The van der Waals surface area contributed by atoms with Crippen LogP contribution < -0.4 is 16.0 Å². The van der Waals surface area contributed by atoms with Gasteiger partial charge < -0.3 is 21.1 Å². The van der Waals surface area contributed by atoms with Crippen LogP contribution >= 0.6 is 0 Å². The summed E-state index contributed by atoms with van der Waals surface area (Å²) in [5, 5.41) is 13.4. The van der Waals surface area contributed by atoms with E-state index in [1.807, 2.05) is 4.90 Å². The lowest BCUT2D eigenvalue weighted by Gasteiger charge is -2.35. The molecule has 2 saturated carbocycles. The summed E-state index contributed by atoms with van der Waals surface area (Å²) in [5.74, 6) is -2.10. The van der Waals surface area contributed by atoms with E-state index in [1.165, 1.54) is 6.33 Å². The second-order valence-electron chi connectivity index (χ2n) is 10.2. The Balaban J connectivity index is 1.36. The number of likely N-dealkylation sites (tertiary alicyclic amines) is 1. The lowest BCUT2D eigenvalue weighted by molar-refractivity contribution is -0.183. The molecule has 1 aromatic heterocycles. The number of piperidine rings is 1. The molecule has 3 fully saturated rings. The van der Waals surface area contributed by atoms with Crippen LogP contribution in [-0.4, -0.2) is 76.9 Å². The van der Waals surface area contributed by atoms with Gasteiger partial charge in [0.2, 0.25) is 11.7 Å². The molecular formula is C23H34F4N6O2. The molecule has 1 amide bonds. The number of carbonyl (C=O) groups excluding carboxylic acids is 1. The minimum atomic E-state index is -4.15. The number of halogens is 4. The third kappa shape index (κ3) is 6.72. The van der Waals surface area contributed by atoms with E-state index in [-0.39, 0.29) is 48.9 Å². The van der Waals surface area contributed by atoms with Crippen LogP contribution in [0.3, 0.4) is 0 Å². The third-order valence-corrected chi connectivity index (χ3v) is 7.51. The van der Waals surface area contributed by atoms with Gasteiger partial charge in [0.1, 0.15) is 6.33 Å². The second-order valence-corrected chi connectivity index (χ2v) is 10.2. The molecule has 2 atom stereocenters. The van der Waals surface area contributed by atoms with Gasteiger partial charge >= 0.3 is 6.18 Å². The first-order valence-corrected chi connectivity index (χ1v) is 12.4.